The van der Waals surface area contributed by atoms with Crippen molar-refractivity contribution in [1.29, 1.82) is 0 Å². The molecule has 2 nitrogen and oxygen atoms in total. The van der Waals surface area contributed by atoms with Crippen LogP contribution in [0.4, 0.5) is 4.39 Å². The Balaban J connectivity index is 1.69. The molecule has 6 aliphatic carbocycles. The number of hydrogen-bond acceptors (Lipinski definition) is 2. The van der Waals surface area contributed by atoms with Crippen molar-refractivity contribution < 1.29 is 13.9 Å². The van der Waals surface area contributed by atoms with Crippen molar-refractivity contribution in [3.05, 3.63) is 0 Å². The average Bonchev–Trinajstić information content (AvgIpc) is 2.16. The molecule has 0 aromatic heterocycles. The standard InChI is InChI=1S/C10H8FIO2/c1-14-7(13)8-3-2-4(8)6-9(2,12)5(3)10(6,8)11/h2-6H,1H3. The molecule has 0 spiro atoms. The predicted octanol–water partition coefficient (Wildman–Crippen LogP) is 1.18. The lowest BCUT2D eigenvalue weighted by atomic mass is 8.95. The van der Waals surface area contributed by atoms with Gasteiger partial charge < -0.3 is 4.74 Å². The topological polar surface area (TPSA) is 26.3 Å². The maximum absolute atomic E-state index is 14.5. The zero-order chi connectivity index (χ0) is 9.67. The van der Waals surface area contributed by atoms with Gasteiger partial charge in [-0.3, -0.25) is 4.79 Å². The third-order valence-corrected chi connectivity index (χ3v) is 8.13. The summed E-state index contributed by atoms with van der Waals surface area (Å²) in [7, 11) is 1.38. The van der Waals surface area contributed by atoms with Crippen molar-refractivity contribution in [2.75, 3.05) is 7.11 Å². The van der Waals surface area contributed by atoms with E-state index in [9.17, 15) is 9.18 Å². The van der Waals surface area contributed by atoms with Gasteiger partial charge in [0.1, 0.15) is 11.1 Å². The summed E-state index contributed by atoms with van der Waals surface area (Å²) in [6.45, 7) is 0. The zero-order valence-electron chi connectivity index (χ0n) is 7.46. The SMILES string of the molecule is COC(=O)C12C3C4C1C1C4(I)C3C12F. The van der Waals surface area contributed by atoms with Crippen LogP contribution in [0.2, 0.25) is 0 Å². The molecular weight excluding hydrogens is 298 g/mol. The van der Waals surface area contributed by atoms with Gasteiger partial charge in [-0.15, -0.1) is 0 Å². The van der Waals surface area contributed by atoms with E-state index in [1.807, 2.05) is 0 Å². The quantitative estimate of drug-likeness (QED) is 0.413. The highest BCUT2D eigenvalue weighted by atomic mass is 127. The Hall–Kier alpha value is 0.130. The number of halogens is 2. The molecule has 0 heterocycles. The maximum Gasteiger partial charge on any atom is 0.315 e. The summed E-state index contributed by atoms with van der Waals surface area (Å²) in [4.78, 5) is 11.6. The van der Waals surface area contributed by atoms with Gasteiger partial charge in [-0.05, 0) is 17.8 Å². The van der Waals surface area contributed by atoms with Crippen LogP contribution >= 0.6 is 22.6 Å². The van der Waals surface area contributed by atoms with E-state index >= 15 is 0 Å². The van der Waals surface area contributed by atoms with E-state index in [-0.39, 0.29) is 21.2 Å². The number of carbonyl (C=O) groups is 1. The first kappa shape index (κ1) is 7.41. The largest absolute Gasteiger partial charge is 0.468 e. The normalized spacial score (nSPS) is 82.4. The first-order valence-corrected chi connectivity index (χ1v) is 6.13. The Morgan fingerprint density at radius 1 is 1.36 bits per heavy atom. The molecule has 6 saturated carbocycles. The average molecular weight is 306 g/mol. The molecule has 74 valence electrons. The van der Waals surface area contributed by atoms with Gasteiger partial charge in [0.05, 0.1) is 7.11 Å². The molecule has 4 atom stereocenters. The second-order valence-corrected chi connectivity index (χ2v) is 7.36. The molecular formula is C10H8FIO2. The van der Waals surface area contributed by atoms with E-state index in [0.29, 0.717) is 17.8 Å². The molecule has 6 aliphatic rings. The van der Waals surface area contributed by atoms with Gasteiger partial charge in [-0.25, -0.2) is 4.39 Å². The lowest BCUT2D eigenvalue weighted by Crippen LogP contribution is -3.18. The number of ether oxygens (including phenoxy) is 1. The van der Waals surface area contributed by atoms with E-state index < -0.39 is 11.1 Å². The van der Waals surface area contributed by atoms with Crippen molar-refractivity contribution in [3.8, 4) is 0 Å². The van der Waals surface area contributed by atoms with Crippen LogP contribution in [0.3, 0.4) is 0 Å². The molecule has 0 amide bonds. The van der Waals surface area contributed by atoms with Crippen molar-refractivity contribution in [2.45, 2.75) is 9.09 Å². The molecule has 14 heavy (non-hydrogen) atoms. The predicted molar refractivity (Wildman–Crippen MR) is 52.5 cm³/mol. The lowest BCUT2D eigenvalue weighted by molar-refractivity contribution is -0.612. The van der Waals surface area contributed by atoms with Crippen molar-refractivity contribution in [1.82, 2.24) is 0 Å². The van der Waals surface area contributed by atoms with Gasteiger partial charge in [0, 0.05) is 15.3 Å². The molecule has 0 saturated heterocycles. The van der Waals surface area contributed by atoms with Gasteiger partial charge >= 0.3 is 5.97 Å². The molecule has 4 unspecified atom stereocenters. The second-order valence-electron chi connectivity index (χ2n) is 5.49. The smallest absolute Gasteiger partial charge is 0.315 e. The van der Waals surface area contributed by atoms with Gasteiger partial charge in [-0.2, -0.15) is 0 Å². The van der Waals surface area contributed by atoms with Gasteiger partial charge in [0.15, 0.2) is 0 Å². The van der Waals surface area contributed by atoms with Gasteiger partial charge in [0.2, 0.25) is 0 Å². The second kappa shape index (κ2) is 1.40. The summed E-state index contributed by atoms with van der Waals surface area (Å²) in [5.41, 5.74) is -1.78. The Labute approximate surface area is 93.7 Å². The van der Waals surface area contributed by atoms with Crippen LogP contribution in [-0.4, -0.2) is 22.2 Å². The van der Waals surface area contributed by atoms with Gasteiger partial charge in [0.25, 0.3) is 0 Å². The zero-order valence-corrected chi connectivity index (χ0v) is 9.62. The van der Waals surface area contributed by atoms with Crippen LogP contribution in [0.15, 0.2) is 0 Å². The number of alkyl halides is 2. The van der Waals surface area contributed by atoms with Crippen molar-refractivity contribution in [3.63, 3.8) is 0 Å². The first-order valence-electron chi connectivity index (χ1n) is 5.05. The van der Waals surface area contributed by atoms with E-state index in [1.54, 1.807) is 0 Å². The molecule has 0 bridgehead atoms. The first-order chi connectivity index (χ1) is 6.59. The van der Waals surface area contributed by atoms with Gasteiger partial charge in [-0.1, -0.05) is 22.6 Å². The molecule has 0 radical (unpaired) electrons. The summed E-state index contributed by atoms with van der Waals surface area (Å²) >= 11 is 2.44. The molecule has 6 fully saturated rings. The number of rotatable bonds is 1. The summed E-state index contributed by atoms with van der Waals surface area (Å²) in [6, 6.07) is 0. The van der Waals surface area contributed by atoms with Crippen LogP contribution in [0, 0.1) is 35.0 Å². The Morgan fingerprint density at radius 3 is 2.36 bits per heavy atom. The molecule has 4 heteroatoms. The fourth-order valence-electron chi connectivity index (χ4n) is 6.00. The summed E-state index contributed by atoms with van der Waals surface area (Å²) in [6.07, 6.45) is 0. The van der Waals surface area contributed by atoms with Crippen molar-refractivity contribution in [2.24, 2.45) is 35.0 Å². The molecule has 0 aromatic carbocycles. The number of methoxy groups -OCH3 is 1. The summed E-state index contributed by atoms with van der Waals surface area (Å²) < 4.78 is 19.5. The summed E-state index contributed by atoms with van der Waals surface area (Å²) in [5.74, 6) is 1.51. The minimum Gasteiger partial charge on any atom is -0.468 e. The third kappa shape index (κ3) is 0.266. The minimum atomic E-state index is -1.13. The highest BCUT2D eigenvalue weighted by molar-refractivity contribution is 14.1. The highest BCUT2D eigenvalue weighted by Gasteiger charge is 3.18. The number of esters is 1. The Bertz CT molecular complexity index is 414. The third-order valence-electron chi connectivity index (χ3n) is 6.07. The molecule has 6 rings (SSSR count). The Morgan fingerprint density at radius 2 is 1.93 bits per heavy atom. The van der Waals surface area contributed by atoms with Crippen LogP contribution in [-0.2, 0) is 9.53 Å². The Kier molecular flexibility index (Phi) is 0.742. The minimum absolute atomic E-state index is 0.203. The molecule has 0 aromatic rings. The molecule has 0 aliphatic heterocycles. The van der Waals surface area contributed by atoms with E-state index in [2.05, 4.69) is 22.6 Å². The van der Waals surface area contributed by atoms with E-state index in [1.165, 1.54) is 7.11 Å². The fourth-order valence-corrected chi connectivity index (χ4v) is 8.46. The fraction of sp³-hybridized carbons (Fsp3) is 0.900. The number of hydrogen-bond donors (Lipinski definition) is 0. The van der Waals surface area contributed by atoms with E-state index in [0.717, 1.165) is 0 Å². The summed E-state index contributed by atoms with van der Waals surface area (Å²) in [5, 5.41) is 0. The monoisotopic (exact) mass is 306 g/mol. The lowest BCUT2D eigenvalue weighted by Gasteiger charge is -3.10. The highest BCUT2D eigenvalue weighted by Crippen LogP contribution is 3.11. The maximum atomic E-state index is 14.5. The molecule has 0 N–H and O–H groups in total. The van der Waals surface area contributed by atoms with Crippen LogP contribution in [0.25, 0.3) is 0 Å². The van der Waals surface area contributed by atoms with Crippen LogP contribution < -0.4 is 0 Å². The van der Waals surface area contributed by atoms with E-state index in [4.69, 9.17) is 4.74 Å². The van der Waals surface area contributed by atoms with Crippen LogP contribution in [0.5, 0.6) is 0 Å². The van der Waals surface area contributed by atoms with Crippen LogP contribution in [0.1, 0.15) is 0 Å². The van der Waals surface area contributed by atoms with Crippen molar-refractivity contribution >= 4 is 28.6 Å². The number of carbonyl (C=O) groups excluding carboxylic acids is 1.